The number of carbonyl (C=O) groups excluding carboxylic acids is 2. The topological polar surface area (TPSA) is 149 Å². The Bertz CT molecular complexity index is 941. The van der Waals surface area contributed by atoms with Gasteiger partial charge < -0.3 is 24.6 Å². The van der Waals surface area contributed by atoms with E-state index in [9.17, 15) is 29.3 Å². The smallest absolute Gasteiger partial charge is 0.457 e. The zero-order chi connectivity index (χ0) is 39.1. The van der Waals surface area contributed by atoms with Crippen molar-refractivity contribution in [1.82, 2.24) is 0 Å². The van der Waals surface area contributed by atoms with Crippen LogP contribution >= 0.6 is 7.82 Å². The van der Waals surface area contributed by atoms with Crippen molar-refractivity contribution >= 4 is 19.8 Å². The summed E-state index contributed by atoms with van der Waals surface area (Å²) in [5.74, 6) is -1.03. The zero-order valence-electron chi connectivity index (χ0n) is 33.7. The first kappa shape index (κ1) is 51.5. The van der Waals surface area contributed by atoms with E-state index in [1.165, 1.54) is 96.3 Å². The number of allylic oxidation sites excluding steroid dienone is 4. The monoisotopic (exact) mass is 775 g/mol. The summed E-state index contributed by atoms with van der Waals surface area (Å²) in [7, 11) is -4.63. The lowest BCUT2D eigenvalue weighted by Gasteiger charge is -2.20. The van der Waals surface area contributed by atoms with Crippen molar-refractivity contribution in [3.8, 4) is 0 Å². The van der Waals surface area contributed by atoms with Gasteiger partial charge in [0.1, 0.15) is 12.2 Å². The highest BCUT2D eigenvalue weighted by Crippen LogP contribution is 2.43. The van der Waals surface area contributed by atoms with Gasteiger partial charge in [-0.15, -0.1) is 0 Å². The summed E-state index contributed by atoms with van der Waals surface area (Å²) in [6.07, 6.45) is 37.3. The van der Waals surface area contributed by atoms with Gasteiger partial charge in [0.15, 0.2) is 0 Å². The fourth-order valence-electron chi connectivity index (χ4n) is 5.80. The number of phosphoric ester groups is 1. The Morgan fingerprint density at radius 2 is 0.792 bits per heavy atom. The van der Waals surface area contributed by atoms with E-state index in [1.807, 2.05) is 0 Å². The minimum atomic E-state index is -4.63. The molecule has 0 aromatic heterocycles. The van der Waals surface area contributed by atoms with E-state index in [2.05, 4.69) is 38.2 Å². The van der Waals surface area contributed by atoms with Gasteiger partial charge in [0.2, 0.25) is 0 Å². The maximum absolute atomic E-state index is 12.3. The quantitative estimate of drug-likeness (QED) is 0.0238. The molecule has 53 heavy (non-hydrogen) atoms. The first-order valence-electron chi connectivity index (χ1n) is 21.3. The lowest BCUT2D eigenvalue weighted by atomic mass is 10.1. The predicted octanol–water partition coefficient (Wildman–Crippen LogP) is 11.0. The average Bonchev–Trinajstić information content (AvgIpc) is 3.14. The zero-order valence-corrected chi connectivity index (χ0v) is 34.6. The van der Waals surface area contributed by atoms with Crippen molar-refractivity contribution in [2.45, 2.75) is 206 Å². The molecule has 0 heterocycles. The summed E-state index contributed by atoms with van der Waals surface area (Å²) in [6, 6.07) is 0. The molecule has 3 unspecified atom stereocenters. The standard InChI is InChI=1S/C42H79O10P/c1-3-5-7-9-11-13-15-16-17-18-19-20-21-22-24-26-28-30-32-34-42(46)52-40(36-44)38-50-53(47,48)49-37-39(35-43)51-41(45)33-31-29-27-25-23-14-12-10-8-6-4-2/h10,12,16-17,39-40,43-44H,3-9,11,13-15,18-38H2,1-2H3,(H,47,48)/b12-10-,17-16-. The normalized spacial score (nSPS) is 14.1. The van der Waals surface area contributed by atoms with Crippen molar-refractivity contribution in [1.29, 1.82) is 0 Å². The highest BCUT2D eigenvalue weighted by atomic mass is 31.2. The van der Waals surface area contributed by atoms with Crippen molar-refractivity contribution in [3.63, 3.8) is 0 Å². The molecule has 0 radical (unpaired) electrons. The Labute approximate surface area is 323 Å². The van der Waals surface area contributed by atoms with E-state index in [0.29, 0.717) is 12.8 Å². The number of aliphatic hydroxyl groups is 2. The molecular weight excluding hydrogens is 695 g/mol. The van der Waals surface area contributed by atoms with Gasteiger partial charge in [-0.2, -0.15) is 0 Å². The highest BCUT2D eigenvalue weighted by molar-refractivity contribution is 7.47. The molecule has 0 amide bonds. The second-order valence-electron chi connectivity index (χ2n) is 14.3. The molecule has 3 N–H and O–H groups in total. The van der Waals surface area contributed by atoms with Crippen LogP contribution in [0.1, 0.15) is 194 Å². The molecule has 0 saturated heterocycles. The summed E-state index contributed by atoms with van der Waals surface area (Å²) in [6.45, 7) is 2.16. The lowest BCUT2D eigenvalue weighted by molar-refractivity contribution is -0.153. The molecule has 10 nitrogen and oxygen atoms in total. The molecule has 0 fully saturated rings. The van der Waals surface area contributed by atoms with Crippen LogP contribution in [0.5, 0.6) is 0 Å². The van der Waals surface area contributed by atoms with Gasteiger partial charge in [0, 0.05) is 12.8 Å². The van der Waals surface area contributed by atoms with Crippen LogP contribution in [0.2, 0.25) is 0 Å². The van der Waals surface area contributed by atoms with Crippen molar-refractivity contribution in [2.75, 3.05) is 26.4 Å². The third kappa shape index (κ3) is 37.2. The molecule has 0 aliphatic heterocycles. The van der Waals surface area contributed by atoms with Crippen LogP contribution in [0.15, 0.2) is 24.3 Å². The van der Waals surface area contributed by atoms with Gasteiger partial charge in [0.25, 0.3) is 0 Å². The SMILES string of the molecule is CCCC/C=C\CCCCCCCC(=O)OC(CO)COP(=O)(O)OCC(CO)OC(=O)CCCCCCCCCCC/C=C\CCCCCCCC. The number of ether oxygens (including phenoxy) is 2. The first-order valence-corrected chi connectivity index (χ1v) is 22.8. The van der Waals surface area contributed by atoms with E-state index >= 15 is 0 Å². The number of hydrogen-bond acceptors (Lipinski definition) is 9. The van der Waals surface area contributed by atoms with Crippen LogP contribution in [0.4, 0.5) is 0 Å². The first-order chi connectivity index (χ1) is 25.8. The number of carbonyl (C=O) groups is 2. The minimum absolute atomic E-state index is 0.183. The summed E-state index contributed by atoms with van der Waals surface area (Å²) in [5.41, 5.74) is 0. The molecule has 0 bridgehead atoms. The Hall–Kier alpha value is -1.55. The lowest BCUT2D eigenvalue weighted by Crippen LogP contribution is -2.28. The van der Waals surface area contributed by atoms with Crippen molar-refractivity contribution < 1.29 is 47.8 Å². The fraction of sp³-hybridized carbons (Fsp3) is 0.857. The van der Waals surface area contributed by atoms with Gasteiger partial charge in [0.05, 0.1) is 26.4 Å². The minimum Gasteiger partial charge on any atom is -0.457 e. The van der Waals surface area contributed by atoms with Crippen LogP contribution in [-0.2, 0) is 32.7 Å². The summed E-state index contributed by atoms with van der Waals surface area (Å²) in [5, 5.41) is 19.1. The fourth-order valence-corrected chi connectivity index (χ4v) is 6.58. The molecule has 0 aromatic rings. The van der Waals surface area contributed by atoms with Gasteiger partial charge in [-0.1, -0.05) is 147 Å². The Kier molecular flexibility index (Phi) is 37.6. The van der Waals surface area contributed by atoms with Crippen molar-refractivity contribution in [3.05, 3.63) is 24.3 Å². The molecule has 0 saturated carbocycles. The van der Waals surface area contributed by atoms with Crippen LogP contribution in [-0.4, -0.2) is 65.7 Å². The third-order valence-corrected chi connectivity index (χ3v) is 10.1. The van der Waals surface area contributed by atoms with Gasteiger partial charge in [-0.25, -0.2) is 4.57 Å². The maximum Gasteiger partial charge on any atom is 0.472 e. The summed E-state index contributed by atoms with van der Waals surface area (Å²) in [4.78, 5) is 34.4. The molecule has 0 spiro atoms. The molecule has 0 rings (SSSR count). The number of rotatable bonds is 40. The summed E-state index contributed by atoms with van der Waals surface area (Å²) < 4.78 is 32.5. The van der Waals surface area contributed by atoms with Gasteiger partial charge in [-0.3, -0.25) is 18.6 Å². The molecule has 312 valence electrons. The number of hydrogen-bond donors (Lipinski definition) is 3. The van der Waals surface area contributed by atoms with Gasteiger partial charge >= 0.3 is 19.8 Å². The number of aliphatic hydroxyl groups excluding tert-OH is 2. The molecular formula is C42H79O10P. The average molecular weight is 775 g/mol. The number of esters is 2. The third-order valence-electron chi connectivity index (χ3n) is 9.14. The second kappa shape index (κ2) is 38.7. The Balaban J connectivity index is 3.90. The molecule has 0 aliphatic carbocycles. The molecule has 0 aromatic carbocycles. The predicted molar refractivity (Wildman–Crippen MR) is 215 cm³/mol. The van der Waals surface area contributed by atoms with Crippen LogP contribution in [0.3, 0.4) is 0 Å². The second-order valence-corrected chi connectivity index (χ2v) is 15.8. The van der Waals surface area contributed by atoms with Crippen LogP contribution < -0.4 is 0 Å². The van der Waals surface area contributed by atoms with E-state index in [-0.39, 0.29) is 12.8 Å². The Morgan fingerprint density at radius 1 is 0.491 bits per heavy atom. The summed E-state index contributed by atoms with van der Waals surface area (Å²) >= 11 is 0. The van der Waals surface area contributed by atoms with Crippen LogP contribution in [0, 0.1) is 0 Å². The van der Waals surface area contributed by atoms with Gasteiger partial charge in [-0.05, 0) is 57.8 Å². The number of unbranched alkanes of at least 4 members (excludes halogenated alkanes) is 22. The number of phosphoric acid groups is 1. The molecule has 11 heteroatoms. The van der Waals surface area contributed by atoms with Crippen molar-refractivity contribution in [2.24, 2.45) is 0 Å². The maximum atomic E-state index is 12.3. The van der Waals surface area contributed by atoms with E-state index in [1.54, 1.807) is 0 Å². The van der Waals surface area contributed by atoms with E-state index in [4.69, 9.17) is 18.5 Å². The Morgan fingerprint density at radius 3 is 1.13 bits per heavy atom. The van der Waals surface area contributed by atoms with Crippen LogP contribution in [0.25, 0.3) is 0 Å². The highest BCUT2D eigenvalue weighted by Gasteiger charge is 2.27. The van der Waals surface area contributed by atoms with E-state index in [0.717, 1.165) is 57.8 Å². The molecule has 0 aliphatic rings. The largest absolute Gasteiger partial charge is 0.472 e. The molecule has 3 atom stereocenters. The van der Waals surface area contributed by atoms with E-state index < -0.39 is 58.4 Å².